The van der Waals surface area contributed by atoms with Gasteiger partial charge in [0, 0.05) is 33.4 Å². The molecule has 0 radical (unpaired) electrons. The predicted molar refractivity (Wildman–Crippen MR) is 178 cm³/mol. The van der Waals surface area contributed by atoms with Crippen LogP contribution in [0.2, 0.25) is 0 Å². The second kappa shape index (κ2) is 13.9. The summed E-state index contributed by atoms with van der Waals surface area (Å²) >= 11 is 0. The third kappa shape index (κ3) is 7.61. The molecule has 230 valence electrons. The summed E-state index contributed by atoms with van der Waals surface area (Å²) in [4.78, 5) is 38.6. The molecule has 0 N–H and O–H groups in total. The second-order valence-electron chi connectivity index (χ2n) is 10.4. The molecule has 0 aliphatic carbocycles. The molecular formula is C39H27O7P. The quantitative estimate of drug-likeness (QED) is 0.0975. The highest BCUT2D eigenvalue weighted by atomic mass is 31.2. The maximum absolute atomic E-state index is 14.2. The van der Waals surface area contributed by atoms with Crippen molar-refractivity contribution in [1.29, 1.82) is 0 Å². The summed E-state index contributed by atoms with van der Waals surface area (Å²) < 4.78 is 31.6. The lowest BCUT2D eigenvalue weighted by molar-refractivity contribution is 0.103. The number of rotatable bonds is 12. The monoisotopic (exact) mass is 638 g/mol. The van der Waals surface area contributed by atoms with Gasteiger partial charge in [0.15, 0.2) is 17.3 Å². The summed E-state index contributed by atoms with van der Waals surface area (Å²) in [5.41, 5.74) is 2.83. The van der Waals surface area contributed by atoms with Crippen molar-refractivity contribution < 1.29 is 32.5 Å². The van der Waals surface area contributed by atoms with E-state index in [0.29, 0.717) is 33.4 Å². The summed E-state index contributed by atoms with van der Waals surface area (Å²) in [6, 6.07) is 44.9. The fraction of sp³-hybridized carbons (Fsp3) is 0. The van der Waals surface area contributed by atoms with Crippen molar-refractivity contribution in [3.63, 3.8) is 0 Å². The Morgan fingerprint density at radius 1 is 0.319 bits per heavy atom. The van der Waals surface area contributed by atoms with Crippen molar-refractivity contribution in [3.8, 4) is 17.2 Å². The number of hydrogen-bond acceptors (Lipinski definition) is 7. The standard InChI is InChI=1S/C39H27O7P/c40-37(28-10-4-1-5-11-28)31-16-22-34(23-17-31)44-47(43,45-35-24-18-32(19-25-35)38(41)29-12-6-2-7-13-29)46-36-26-20-33(21-27-36)39(42)30-14-8-3-9-15-30/h1-27H. The number of carbonyl (C=O) groups excluding carboxylic acids is 3. The van der Waals surface area contributed by atoms with Gasteiger partial charge in [-0.3, -0.25) is 14.4 Å². The fourth-order valence-corrected chi connectivity index (χ4v) is 5.96. The Balaban J connectivity index is 1.24. The van der Waals surface area contributed by atoms with Gasteiger partial charge in [0.2, 0.25) is 0 Å². The molecule has 0 saturated carbocycles. The highest BCUT2D eigenvalue weighted by Crippen LogP contribution is 2.50. The molecule has 0 saturated heterocycles. The molecule has 0 bridgehead atoms. The van der Waals surface area contributed by atoms with Gasteiger partial charge < -0.3 is 13.6 Å². The van der Waals surface area contributed by atoms with E-state index >= 15 is 0 Å². The van der Waals surface area contributed by atoms with Gasteiger partial charge in [-0.2, -0.15) is 4.57 Å². The molecular weight excluding hydrogens is 611 g/mol. The van der Waals surface area contributed by atoms with Crippen LogP contribution < -0.4 is 13.6 Å². The van der Waals surface area contributed by atoms with Crippen LogP contribution in [0.1, 0.15) is 47.8 Å². The van der Waals surface area contributed by atoms with Crippen LogP contribution in [0, 0.1) is 0 Å². The van der Waals surface area contributed by atoms with Gasteiger partial charge in [0.05, 0.1) is 0 Å². The van der Waals surface area contributed by atoms with Gasteiger partial charge in [-0.1, -0.05) is 91.0 Å². The zero-order chi connectivity index (χ0) is 32.6. The first-order chi connectivity index (χ1) is 22.9. The first-order valence-corrected chi connectivity index (χ1v) is 16.1. The zero-order valence-electron chi connectivity index (χ0n) is 24.9. The summed E-state index contributed by atoms with van der Waals surface area (Å²) in [6.45, 7) is 0. The molecule has 6 aromatic rings. The Morgan fingerprint density at radius 2 is 0.532 bits per heavy atom. The normalized spacial score (nSPS) is 10.9. The van der Waals surface area contributed by atoms with Crippen molar-refractivity contribution in [2.24, 2.45) is 0 Å². The number of phosphoric acid groups is 1. The van der Waals surface area contributed by atoms with E-state index < -0.39 is 7.82 Å². The maximum Gasteiger partial charge on any atom is 0.647 e. The molecule has 0 aliphatic heterocycles. The van der Waals surface area contributed by atoms with E-state index in [1.165, 1.54) is 36.4 Å². The highest BCUT2D eigenvalue weighted by Gasteiger charge is 2.33. The van der Waals surface area contributed by atoms with Gasteiger partial charge in [-0.05, 0) is 72.8 Å². The maximum atomic E-state index is 14.2. The van der Waals surface area contributed by atoms with Crippen molar-refractivity contribution in [2.45, 2.75) is 0 Å². The third-order valence-electron chi connectivity index (χ3n) is 7.11. The fourth-order valence-electron chi connectivity index (χ4n) is 4.71. The Morgan fingerprint density at radius 3 is 0.766 bits per heavy atom. The third-order valence-corrected chi connectivity index (χ3v) is 8.41. The van der Waals surface area contributed by atoms with Crippen LogP contribution in [0.5, 0.6) is 17.2 Å². The van der Waals surface area contributed by atoms with E-state index in [9.17, 15) is 18.9 Å². The van der Waals surface area contributed by atoms with Gasteiger partial charge in [0.1, 0.15) is 17.2 Å². The number of phosphoric ester groups is 1. The zero-order valence-corrected chi connectivity index (χ0v) is 25.8. The van der Waals surface area contributed by atoms with E-state index in [2.05, 4.69) is 0 Å². The Kier molecular flexibility index (Phi) is 9.18. The number of carbonyl (C=O) groups is 3. The number of benzene rings is 6. The van der Waals surface area contributed by atoms with E-state index in [-0.39, 0.29) is 34.6 Å². The first kappa shape index (κ1) is 31.0. The highest BCUT2D eigenvalue weighted by molar-refractivity contribution is 7.49. The van der Waals surface area contributed by atoms with Crippen LogP contribution in [0.4, 0.5) is 0 Å². The average Bonchev–Trinajstić information content (AvgIpc) is 3.12. The molecule has 47 heavy (non-hydrogen) atoms. The minimum atomic E-state index is -4.43. The Hall–Kier alpha value is -6.04. The molecule has 0 atom stereocenters. The van der Waals surface area contributed by atoms with Gasteiger partial charge >= 0.3 is 7.82 Å². The molecule has 0 aliphatic rings. The van der Waals surface area contributed by atoms with Gasteiger partial charge in [-0.25, -0.2) is 0 Å². The van der Waals surface area contributed by atoms with Gasteiger partial charge in [-0.15, -0.1) is 0 Å². The van der Waals surface area contributed by atoms with E-state index in [0.717, 1.165) is 0 Å². The number of ketones is 3. The van der Waals surface area contributed by atoms with Crippen molar-refractivity contribution in [2.75, 3.05) is 0 Å². The smallest absolute Gasteiger partial charge is 0.386 e. The SMILES string of the molecule is O=C(c1ccccc1)c1ccc(OP(=O)(Oc2ccc(C(=O)c3ccccc3)cc2)Oc2ccc(C(=O)c3ccccc3)cc2)cc1. The summed E-state index contributed by atoms with van der Waals surface area (Å²) in [5.74, 6) is -0.145. The van der Waals surface area contributed by atoms with E-state index in [1.807, 2.05) is 18.2 Å². The van der Waals surface area contributed by atoms with Crippen molar-refractivity contribution >= 4 is 25.2 Å². The Labute approximate surface area is 271 Å². The first-order valence-electron chi connectivity index (χ1n) is 14.7. The summed E-state index contributed by atoms with van der Waals surface area (Å²) in [7, 11) is -4.43. The van der Waals surface area contributed by atoms with Crippen molar-refractivity contribution in [3.05, 3.63) is 197 Å². The average molecular weight is 639 g/mol. The molecule has 0 fully saturated rings. The van der Waals surface area contributed by atoms with Crippen molar-refractivity contribution in [1.82, 2.24) is 0 Å². The van der Waals surface area contributed by atoms with Crippen LogP contribution in [0.3, 0.4) is 0 Å². The predicted octanol–water partition coefficient (Wildman–Crippen LogP) is 9.02. The lowest BCUT2D eigenvalue weighted by Crippen LogP contribution is -2.09. The van der Waals surface area contributed by atoms with Crippen LogP contribution >= 0.6 is 7.82 Å². The Bertz CT molecular complexity index is 1800. The molecule has 0 unspecified atom stereocenters. The van der Waals surface area contributed by atoms with E-state index in [4.69, 9.17) is 13.6 Å². The summed E-state index contributed by atoms with van der Waals surface area (Å²) in [5, 5.41) is 0. The molecule has 7 nitrogen and oxygen atoms in total. The van der Waals surface area contributed by atoms with Gasteiger partial charge in [0.25, 0.3) is 0 Å². The lowest BCUT2D eigenvalue weighted by Gasteiger charge is -2.20. The summed E-state index contributed by atoms with van der Waals surface area (Å²) in [6.07, 6.45) is 0. The molecule has 0 spiro atoms. The van der Waals surface area contributed by atoms with Crippen LogP contribution in [0.25, 0.3) is 0 Å². The molecule has 0 amide bonds. The molecule has 0 aromatic heterocycles. The lowest BCUT2D eigenvalue weighted by atomic mass is 10.0. The molecule has 6 aromatic carbocycles. The van der Waals surface area contributed by atoms with Crippen LogP contribution in [-0.2, 0) is 4.57 Å². The van der Waals surface area contributed by atoms with Crippen LogP contribution in [-0.4, -0.2) is 17.3 Å². The minimum absolute atomic E-state index is 0.129. The van der Waals surface area contributed by atoms with E-state index in [1.54, 1.807) is 109 Å². The molecule has 8 heteroatoms. The number of hydrogen-bond donors (Lipinski definition) is 0. The molecule has 0 heterocycles. The molecule has 6 rings (SSSR count). The minimum Gasteiger partial charge on any atom is -0.386 e. The topological polar surface area (TPSA) is 96.0 Å². The van der Waals surface area contributed by atoms with Crippen LogP contribution in [0.15, 0.2) is 164 Å². The largest absolute Gasteiger partial charge is 0.647 e. The second-order valence-corrected chi connectivity index (χ2v) is 11.8.